The number of amides is 1. The van der Waals surface area contributed by atoms with Gasteiger partial charge in [-0.25, -0.2) is 9.79 Å². The Labute approximate surface area is 225 Å². The second-order valence-electron chi connectivity index (χ2n) is 9.18. The zero-order chi connectivity index (χ0) is 26.3. The Morgan fingerprint density at radius 1 is 0.947 bits per heavy atom. The van der Waals surface area contributed by atoms with E-state index in [9.17, 15) is 9.59 Å². The third-order valence-electron chi connectivity index (χ3n) is 6.47. The fourth-order valence-electron chi connectivity index (χ4n) is 4.49. The Hall–Kier alpha value is -4.23. The summed E-state index contributed by atoms with van der Waals surface area (Å²) >= 11 is 1.62. The van der Waals surface area contributed by atoms with Crippen LogP contribution in [0.25, 0.3) is 0 Å². The number of aryl methyl sites for hydroxylation is 1. The summed E-state index contributed by atoms with van der Waals surface area (Å²) in [6.45, 7) is 0.756. The lowest BCUT2D eigenvalue weighted by atomic mass is 9.95. The maximum atomic E-state index is 13.2. The molecule has 0 aliphatic heterocycles. The molecular weight excluding hydrogens is 496 g/mol. The predicted molar refractivity (Wildman–Crippen MR) is 150 cm³/mol. The average Bonchev–Trinajstić information content (AvgIpc) is 3.33. The van der Waals surface area contributed by atoms with Gasteiger partial charge in [0.1, 0.15) is 17.4 Å². The molecule has 38 heavy (non-hydrogen) atoms. The zero-order valence-electron chi connectivity index (χ0n) is 20.9. The van der Waals surface area contributed by atoms with Crippen molar-refractivity contribution in [3.63, 3.8) is 0 Å². The first-order valence-corrected chi connectivity index (χ1v) is 13.4. The number of carbonyl (C=O) groups is 2. The molecule has 192 valence electrons. The van der Waals surface area contributed by atoms with Gasteiger partial charge in [0.15, 0.2) is 0 Å². The Morgan fingerprint density at radius 2 is 1.71 bits per heavy atom. The number of thiophene rings is 1. The molecule has 3 aromatic carbocycles. The minimum atomic E-state index is -0.959. The molecule has 0 unspecified atom stereocenters. The fourth-order valence-corrected chi connectivity index (χ4v) is 5.72. The lowest BCUT2D eigenvalue weighted by Gasteiger charge is -2.12. The van der Waals surface area contributed by atoms with Gasteiger partial charge in [-0.1, -0.05) is 42.5 Å². The quantitative estimate of drug-likeness (QED) is 0.242. The molecule has 0 bridgehead atoms. The maximum Gasteiger partial charge on any atom is 0.335 e. The van der Waals surface area contributed by atoms with Crippen molar-refractivity contribution in [2.45, 2.75) is 38.8 Å². The van der Waals surface area contributed by atoms with E-state index in [1.54, 1.807) is 35.8 Å². The summed E-state index contributed by atoms with van der Waals surface area (Å²) in [6, 6.07) is 24.2. The zero-order valence-corrected chi connectivity index (χ0v) is 21.7. The molecule has 1 aliphatic carbocycles. The van der Waals surface area contributed by atoms with Crippen molar-refractivity contribution in [1.29, 1.82) is 0 Å². The summed E-state index contributed by atoms with van der Waals surface area (Å²) in [7, 11) is 0. The number of nitrogens with zero attached hydrogens (tertiary/aromatic N) is 1. The first-order chi connectivity index (χ1) is 18.6. The molecule has 1 amide bonds. The standard InChI is InChI=1S/C31H28N2O4S/c34-29(32-18-21-7-2-1-3-8-21)28-26-11-4-5-12-27(26)38-30(28)33-19-22-13-15-25(16-14-22)37-20-23-9-6-10-24(17-23)31(35)36/h1-3,6-10,13-17,19H,4-5,11-12,18,20H2,(H,32,34)(H,35,36). The van der Waals surface area contributed by atoms with Crippen molar-refractivity contribution >= 4 is 34.4 Å². The minimum absolute atomic E-state index is 0.0730. The highest BCUT2D eigenvalue weighted by Gasteiger charge is 2.25. The first kappa shape index (κ1) is 25.4. The van der Waals surface area contributed by atoms with Gasteiger partial charge in [0.2, 0.25) is 0 Å². The Bertz CT molecular complexity index is 1460. The molecule has 0 spiro atoms. The normalized spacial score (nSPS) is 12.7. The van der Waals surface area contributed by atoms with E-state index < -0.39 is 5.97 Å². The monoisotopic (exact) mass is 524 g/mol. The van der Waals surface area contributed by atoms with Crippen molar-refractivity contribution in [2.75, 3.05) is 0 Å². The van der Waals surface area contributed by atoms with E-state index in [4.69, 9.17) is 14.8 Å². The van der Waals surface area contributed by atoms with Gasteiger partial charge in [0, 0.05) is 17.6 Å². The van der Waals surface area contributed by atoms with E-state index >= 15 is 0 Å². The van der Waals surface area contributed by atoms with Gasteiger partial charge in [-0.15, -0.1) is 11.3 Å². The molecule has 1 aromatic heterocycles. The number of carbonyl (C=O) groups excluding carboxylic acids is 1. The molecule has 0 radical (unpaired) electrons. The van der Waals surface area contributed by atoms with Gasteiger partial charge in [0.05, 0.1) is 11.1 Å². The topological polar surface area (TPSA) is 88.0 Å². The number of carboxylic acid groups (broad SMARTS) is 1. The van der Waals surface area contributed by atoms with Crippen LogP contribution in [0.15, 0.2) is 83.9 Å². The number of carboxylic acids is 1. The van der Waals surface area contributed by atoms with Crippen molar-refractivity contribution in [3.05, 3.63) is 117 Å². The minimum Gasteiger partial charge on any atom is -0.489 e. The highest BCUT2D eigenvalue weighted by molar-refractivity contribution is 7.16. The van der Waals surface area contributed by atoms with Crippen LogP contribution in [-0.4, -0.2) is 23.2 Å². The number of ether oxygens (including phenoxy) is 1. The largest absolute Gasteiger partial charge is 0.489 e. The molecular formula is C31H28N2O4S. The SMILES string of the molecule is O=C(O)c1cccc(COc2ccc(C=Nc3sc4c(c3C(=O)NCc3ccccc3)CCCC4)cc2)c1. The predicted octanol–water partition coefficient (Wildman–Crippen LogP) is 6.58. The van der Waals surface area contributed by atoms with Crippen molar-refractivity contribution in [3.8, 4) is 5.75 Å². The number of hydrogen-bond donors (Lipinski definition) is 2. The van der Waals surface area contributed by atoms with Gasteiger partial charge in [0.25, 0.3) is 5.91 Å². The van der Waals surface area contributed by atoms with Gasteiger partial charge >= 0.3 is 5.97 Å². The average molecular weight is 525 g/mol. The van der Waals surface area contributed by atoms with E-state index in [-0.39, 0.29) is 18.1 Å². The molecule has 1 aliphatic rings. The maximum absolute atomic E-state index is 13.2. The Morgan fingerprint density at radius 3 is 2.50 bits per heavy atom. The number of fused-ring (bicyclic) bond motifs is 1. The smallest absolute Gasteiger partial charge is 0.335 e. The summed E-state index contributed by atoms with van der Waals surface area (Å²) in [5.74, 6) is -0.356. The number of benzene rings is 3. The van der Waals surface area contributed by atoms with Crippen LogP contribution >= 0.6 is 11.3 Å². The van der Waals surface area contributed by atoms with Gasteiger partial charge < -0.3 is 15.2 Å². The van der Waals surface area contributed by atoms with Crippen molar-refractivity contribution in [2.24, 2.45) is 4.99 Å². The molecule has 0 atom stereocenters. The summed E-state index contributed by atoms with van der Waals surface area (Å²) in [5.41, 5.74) is 4.84. The summed E-state index contributed by atoms with van der Waals surface area (Å²) in [5, 5.41) is 13.0. The molecule has 6 nitrogen and oxygen atoms in total. The van der Waals surface area contributed by atoms with Crippen molar-refractivity contribution < 1.29 is 19.4 Å². The van der Waals surface area contributed by atoms with E-state index in [0.29, 0.717) is 17.9 Å². The van der Waals surface area contributed by atoms with Gasteiger partial charge in [-0.05, 0) is 84.3 Å². The van der Waals surface area contributed by atoms with Crippen molar-refractivity contribution in [1.82, 2.24) is 5.32 Å². The Kier molecular flexibility index (Phi) is 7.95. The highest BCUT2D eigenvalue weighted by atomic mass is 32.1. The van der Waals surface area contributed by atoms with E-state index in [0.717, 1.165) is 52.9 Å². The fraction of sp³-hybridized carbons (Fsp3) is 0.194. The molecule has 0 fully saturated rings. The van der Waals surface area contributed by atoms with Crippen LogP contribution in [0.5, 0.6) is 5.75 Å². The summed E-state index contributed by atoms with van der Waals surface area (Å²) in [6.07, 6.45) is 5.93. The summed E-state index contributed by atoms with van der Waals surface area (Å²) < 4.78 is 5.83. The van der Waals surface area contributed by atoms with Gasteiger partial charge in [-0.3, -0.25) is 4.79 Å². The van der Waals surface area contributed by atoms with E-state index in [2.05, 4.69) is 5.32 Å². The van der Waals surface area contributed by atoms with Crippen LogP contribution in [-0.2, 0) is 26.0 Å². The van der Waals surface area contributed by atoms with Crippen LogP contribution in [0.4, 0.5) is 5.00 Å². The lowest BCUT2D eigenvalue weighted by Crippen LogP contribution is -2.24. The highest BCUT2D eigenvalue weighted by Crippen LogP contribution is 2.40. The molecule has 5 rings (SSSR count). The number of hydrogen-bond acceptors (Lipinski definition) is 5. The number of rotatable bonds is 9. The molecule has 2 N–H and O–H groups in total. The molecule has 0 saturated heterocycles. The second kappa shape index (κ2) is 11.9. The lowest BCUT2D eigenvalue weighted by molar-refractivity contribution is 0.0696. The number of aromatic carboxylic acids is 1. The van der Waals surface area contributed by atoms with Crippen LogP contribution in [0.1, 0.15) is 60.7 Å². The molecule has 1 heterocycles. The van der Waals surface area contributed by atoms with Crippen LogP contribution < -0.4 is 10.1 Å². The van der Waals surface area contributed by atoms with Crippen LogP contribution in [0.2, 0.25) is 0 Å². The summed E-state index contributed by atoms with van der Waals surface area (Å²) in [4.78, 5) is 30.4. The van der Waals surface area contributed by atoms with Crippen LogP contribution in [0, 0.1) is 0 Å². The van der Waals surface area contributed by atoms with E-state index in [1.165, 1.54) is 4.88 Å². The molecule has 4 aromatic rings. The van der Waals surface area contributed by atoms with E-state index in [1.807, 2.05) is 60.7 Å². The molecule has 0 saturated carbocycles. The first-order valence-electron chi connectivity index (χ1n) is 12.6. The molecule has 7 heteroatoms. The van der Waals surface area contributed by atoms with Gasteiger partial charge in [-0.2, -0.15) is 0 Å². The van der Waals surface area contributed by atoms with Crippen LogP contribution in [0.3, 0.4) is 0 Å². The number of aliphatic imine (C=N–C) groups is 1. The third-order valence-corrected chi connectivity index (χ3v) is 7.67. The third kappa shape index (κ3) is 6.18. The second-order valence-corrected chi connectivity index (χ2v) is 10.3. The Balaban J connectivity index is 1.27. The number of nitrogens with one attached hydrogen (secondary N) is 1.